The highest BCUT2D eigenvalue weighted by atomic mass is 35.5. The molecule has 0 spiro atoms. The van der Waals surface area contributed by atoms with E-state index in [0.29, 0.717) is 45.0 Å². The number of carbonyl (C=O) groups excluding carboxylic acids is 1. The van der Waals surface area contributed by atoms with E-state index < -0.39 is 0 Å². The van der Waals surface area contributed by atoms with Crippen LogP contribution in [0.2, 0.25) is 10.0 Å². The third-order valence-corrected chi connectivity index (χ3v) is 5.68. The quantitative estimate of drug-likeness (QED) is 0.435. The Bertz CT molecular complexity index is 1190. The van der Waals surface area contributed by atoms with E-state index in [1.165, 1.54) is 23.5 Å². The Morgan fingerprint density at radius 3 is 2.83 bits per heavy atom. The standard InChI is InChI=1S/C19H14Cl2FN5OS/c20-15-5-4-13(9-16(15)21)24-18(28)23-7-6-14-10-29-19-25-17(26-27(14)19)11-2-1-3-12(22)8-11/h1-5,8-10H,6-7H2,(H2,23,24,28). The molecule has 0 saturated carbocycles. The lowest BCUT2D eigenvalue weighted by Crippen LogP contribution is -2.30. The van der Waals surface area contributed by atoms with E-state index in [9.17, 15) is 9.18 Å². The summed E-state index contributed by atoms with van der Waals surface area (Å²) >= 11 is 13.2. The molecule has 10 heteroatoms. The van der Waals surface area contributed by atoms with Gasteiger partial charge in [0.2, 0.25) is 4.96 Å². The number of nitrogens with zero attached hydrogens (tertiary/aromatic N) is 3. The number of nitrogens with one attached hydrogen (secondary N) is 2. The van der Waals surface area contributed by atoms with Gasteiger partial charge in [-0.1, -0.05) is 35.3 Å². The third kappa shape index (κ3) is 4.50. The molecule has 6 nitrogen and oxygen atoms in total. The molecule has 0 atom stereocenters. The van der Waals surface area contributed by atoms with Gasteiger partial charge in [-0.15, -0.1) is 16.4 Å². The van der Waals surface area contributed by atoms with Crippen LogP contribution in [0, 0.1) is 5.82 Å². The Labute approximate surface area is 179 Å². The summed E-state index contributed by atoms with van der Waals surface area (Å²) in [6.45, 7) is 0.397. The summed E-state index contributed by atoms with van der Waals surface area (Å²) in [6.07, 6.45) is 0.556. The molecular formula is C19H14Cl2FN5OS. The van der Waals surface area contributed by atoms with Crippen molar-refractivity contribution >= 4 is 51.2 Å². The second-order valence-corrected chi connectivity index (χ2v) is 7.78. The van der Waals surface area contributed by atoms with Crippen molar-refractivity contribution in [2.75, 3.05) is 11.9 Å². The minimum absolute atomic E-state index is 0.335. The minimum Gasteiger partial charge on any atom is -0.337 e. The van der Waals surface area contributed by atoms with Gasteiger partial charge in [-0.2, -0.15) is 4.98 Å². The zero-order valence-electron chi connectivity index (χ0n) is 14.8. The molecule has 29 heavy (non-hydrogen) atoms. The van der Waals surface area contributed by atoms with Gasteiger partial charge in [0.15, 0.2) is 5.82 Å². The molecule has 0 radical (unpaired) electrons. The molecule has 2 aromatic carbocycles. The second-order valence-electron chi connectivity index (χ2n) is 6.13. The molecular weight excluding hydrogens is 436 g/mol. The monoisotopic (exact) mass is 449 g/mol. The fourth-order valence-electron chi connectivity index (χ4n) is 2.70. The topological polar surface area (TPSA) is 71.3 Å². The molecule has 0 unspecified atom stereocenters. The number of hydrogen-bond donors (Lipinski definition) is 2. The molecule has 0 aliphatic heterocycles. The Kier molecular flexibility index (Phi) is 5.66. The van der Waals surface area contributed by atoms with E-state index in [-0.39, 0.29) is 11.8 Å². The van der Waals surface area contributed by atoms with Gasteiger partial charge in [-0.3, -0.25) is 0 Å². The number of fused-ring (bicyclic) bond motifs is 1. The lowest BCUT2D eigenvalue weighted by molar-refractivity contribution is 0.252. The number of aromatic nitrogens is 3. The van der Waals surface area contributed by atoms with E-state index in [4.69, 9.17) is 23.2 Å². The molecule has 4 aromatic rings. The van der Waals surface area contributed by atoms with Gasteiger partial charge in [0.05, 0.1) is 15.7 Å². The van der Waals surface area contributed by atoms with Crippen molar-refractivity contribution in [3.63, 3.8) is 0 Å². The number of amides is 2. The van der Waals surface area contributed by atoms with Gasteiger partial charge >= 0.3 is 6.03 Å². The second kappa shape index (κ2) is 8.36. The van der Waals surface area contributed by atoms with Crippen molar-refractivity contribution < 1.29 is 9.18 Å². The van der Waals surface area contributed by atoms with Crippen LogP contribution in [0.1, 0.15) is 5.69 Å². The number of halogens is 3. The lowest BCUT2D eigenvalue weighted by Gasteiger charge is -2.08. The zero-order chi connectivity index (χ0) is 20.4. The van der Waals surface area contributed by atoms with Crippen LogP contribution in [0.4, 0.5) is 14.9 Å². The van der Waals surface area contributed by atoms with E-state index in [1.807, 2.05) is 5.38 Å². The predicted octanol–water partition coefficient (Wildman–Crippen LogP) is 5.27. The highest BCUT2D eigenvalue weighted by molar-refractivity contribution is 7.15. The molecule has 0 bridgehead atoms. The lowest BCUT2D eigenvalue weighted by atomic mass is 10.2. The fraction of sp³-hybridized carbons (Fsp3) is 0.105. The SMILES string of the molecule is O=C(NCCc1csc2nc(-c3cccc(F)c3)nn12)Nc1ccc(Cl)c(Cl)c1. The largest absolute Gasteiger partial charge is 0.337 e. The Hall–Kier alpha value is -2.68. The molecule has 4 rings (SSSR count). The first-order chi connectivity index (χ1) is 14.0. The van der Waals surface area contributed by atoms with Crippen LogP contribution in [-0.4, -0.2) is 27.2 Å². The Morgan fingerprint density at radius 1 is 1.17 bits per heavy atom. The maximum absolute atomic E-state index is 13.4. The Balaban J connectivity index is 1.38. The van der Waals surface area contributed by atoms with Gasteiger partial charge < -0.3 is 10.6 Å². The van der Waals surface area contributed by atoms with Crippen molar-refractivity contribution in [1.82, 2.24) is 19.9 Å². The van der Waals surface area contributed by atoms with Crippen LogP contribution in [0.5, 0.6) is 0 Å². The molecule has 0 fully saturated rings. The van der Waals surface area contributed by atoms with Crippen molar-refractivity contribution in [2.45, 2.75) is 6.42 Å². The summed E-state index contributed by atoms with van der Waals surface area (Å²) in [5.41, 5.74) is 2.06. The molecule has 0 saturated heterocycles. The molecule has 148 valence electrons. The molecule has 2 amide bonds. The van der Waals surface area contributed by atoms with E-state index >= 15 is 0 Å². The van der Waals surface area contributed by atoms with Gasteiger partial charge in [0, 0.05) is 29.6 Å². The van der Waals surface area contributed by atoms with E-state index in [0.717, 1.165) is 5.69 Å². The van der Waals surface area contributed by atoms with Crippen molar-refractivity contribution in [3.8, 4) is 11.4 Å². The first-order valence-electron chi connectivity index (χ1n) is 8.58. The first-order valence-corrected chi connectivity index (χ1v) is 10.2. The average molecular weight is 450 g/mol. The smallest absolute Gasteiger partial charge is 0.319 e. The number of hydrogen-bond acceptors (Lipinski definition) is 4. The van der Waals surface area contributed by atoms with Crippen LogP contribution in [0.25, 0.3) is 16.3 Å². The first kappa shape index (κ1) is 19.6. The predicted molar refractivity (Wildman–Crippen MR) is 113 cm³/mol. The summed E-state index contributed by atoms with van der Waals surface area (Å²) in [5, 5.41) is 12.7. The number of benzene rings is 2. The summed E-state index contributed by atoms with van der Waals surface area (Å²) in [7, 11) is 0. The van der Waals surface area contributed by atoms with E-state index in [2.05, 4.69) is 20.7 Å². The van der Waals surface area contributed by atoms with Gasteiger partial charge in [0.1, 0.15) is 5.82 Å². The highest BCUT2D eigenvalue weighted by Gasteiger charge is 2.12. The Morgan fingerprint density at radius 2 is 2.03 bits per heavy atom. The summed E-state index contributed by atoms with van der Waals surface area (Å²) in [6, 6.07) is 10.7. The normalized spacial score (nSPS) is 11.0. The van der Waals surface area contributed by atoms with Crippen molar-refractivity contribution in [1.29, 1.82) is 0 Å². The molecule has 2 heterocycles. The number of anilines is 1. The van der Waals surface area contributed by atoms with Crippen LogP contribution >= 0.6 is 34.5 Å². The number of thiazole rings is 1. The third-order valence-electron chi connectivity index (χ3n) is 4.08. The van der Waals surface area contributed by atoms with Crippen LogP contribution in [0.3, 0.4) is 0 Å². The summed E-state index contributed by atoms with van der Waals surface area (Å²) in [4.78, 5) is 17.2. The summed E-state index contributed by atoms with van der Waals surface area (Å²) in [5.74, 6) is 0.126. The number of carbonyl (C=O) groups is 1. The van der Waals surface area contributed by atoms with E-state index in [1.54, 1.807) is 34.8 Å². The number of rotatable bonds is 5. The van der Waals surface area contributed by atoms with Crippen molar-refractivity contribution in [2.24, 2.45) is 0 Å². The molecule has 0 aliphatic carbocycles. The average Bonchev–Trinajstić information content (AvgIpc) is 3.26. The molecule has 2 N–H and O–H groups in total. The van der Waals surface area contributed by atoms with Crippen LogP contribution in [-0.2, 0) is 6.42 Å². The summed E-state index contributed by atoms with van der Waals surface area (Å²) < 4.78 is 15.1. The van der Waals surface area contributed by atoms with Crippen LogP contribution in [0.15, 0.2) is 47.8 Å². The zero-order valence-corrected chi connectivity index (χ0v) is 17.2. The number of urea groups is 1. The fourth-order valence-corrected chi connectivity index (χ4v) is 3.85. The van der Waals surface area contributed by atoms with Gasteiger partial charge in [-0.25, -0.2) is 13.7 Å². The maximum Gasteiger partial charge on any atom is 0.319 e. The molecule has 2 aromatic heterocycles. The van der Waals surface area contributed by atoms with Crippen LogP contribution < -0.4 is 10.6 Å². The molecule has 0 aliphatic rings. The highest BCUT2D eigenvalue weighted by Crippen LogP contribution is 2.25. The maximum atomic E-state index is 13.4. The van der Waals surface area contributed by atoms with Gasteiger partial charge in [-0.05, 0) is 30.3 Å². The van der Waals surface area contributed by atoms with Crippen molar-refractivity contribution in [3.05, 3.63) is 69.4 Å². The van der Waals surface area contributed by atoms with Gasteiger partial charge in [0.25, 0.3) is 0 Å². The minimum atomic E-state index is -0.353.